The minimum Gasteiger partial charge on any atom is -0.478 e. The lowest BCUT2D eigenvalue weighted by Crippen LogP contribution is -2.26. The van der Waals surface area contributed by atoms with Crippen molar-refractivity contribution < 1.29 is 9.90 Å². The molecule has 0 spiro atoms. The van der Waals surface area contributed by atoms with Crippen LogP contribution in [0.25, 0.3) is 0 Å². The van der Waals surface area contributed by atoms with Crippen molar-refractivity contribution in [2.24, 2.45) is 5.92 Å². The normalized spacial score (nSPS) is 20.1. The van der Waals surface area contributed by atoms with Crippen molar-refractivity contribution in [1.29, 1.82) is 0 Å². The Morgan fingerprint density at radius 3 is 2.84 bits per heavy atom. The molecule has 1 aromatic rings. The molecule has 1 unspecified atom stereocenters. The zero-order valence-electron chi connectivity index (χ0n) is 11.6. The highest BCUT2D eigenvalue weighted by Crippen LogP contribution is 2.27. The Hall–Kier alpha value is -1.51. The van der Waals surface area contributed by atoms with E-state index in [9.17, 15) is 9.90 Å². The van der Waals surface area contributed by atoms with Crippen LogP contribution in [-0.4, -0.2) is 24.2 Å². The van der Waals surface area contributed by atoms with E-state index in [2.05, 4.69) is 11.8 Å². The molecule has 3 heteroatoms. The summed E-state index contributed by atoms with van der Waals surface area (Å²) in [6.07, 6.45) is 6.17. The first kappa shape index (κ1) is 13.9. The third-order valence-electron chi connectivity index (χ3n) is 4.02. The third-order valence-corrected chi connectivity index (χ3v) is 4.02. The van der Waals surface area contributed by atoms with Gasteiger partial charge in [0, 0.05) is 13.1 Å². The first-order valence-corrected chi connectivity index (χ1v) is 7.29. The van der Waals surface area contributed by atoms with Crippen LogP contribution in [0.3, 0.4) is 0 Å². The highest BCUT2D eigenvalue weighted by Gasteiger charge is 2.20. The average Bonchev–Trinajstić information content (AvgIpc) is 2.65. The molecule has 0 radical (unpaired) electrons. The van der Waals surface area contributed by atoms with E-state index in [0.29, 0.717) is 5.56 Å². The largest absolute Gasteiger partial charge is 0.478 e. The fourth-order valence-electron chi connectivity index (χ4n) is 3.03. The van der Waals surface area contributed by atoms with E-state index in [4.69, 9.17) is 0 Å². The lowest BCUT2D eigenvalue weighted by Gasteiger charge is -2.24. The van der Waals surface area contributed by atoms with Crippen LogP contribution in [0.1, 0.15) is 49.4 Å². The molecule has 19 heavy (non-hydrogen) atoms. The van der Waals surface area contributed by atoms with E-state index >= 15 is 0 Å². The van der Waals surface area contributed by atoms with Gasteiger partial charge in [-0.2, -0.15) is 0 Å². The zero-order chi connectivity index (χ0) is 13.7. The summed E-state index contributed by atoms with van der Waals surface area (Å²) in [4.78, 5) is 13.5. The van der Waals surface area contributed by atoms with Gasteiger partial charge < -0.3 is 10.0 Å². The number of para-hydroxylation sites is 1. The van der Waals surface area contributed by atoms with Crippen LogP contribution in [0.15, 0.2) is 24.3 Å². The Morgan fingerprint density at radius 1 is 1.32 bits per heavy atom. The molecule has 3 nitrogen and oxygen atoms in total. The number of aromatic carboxylic acids is 1. The van der Waals surface area contributed by atoms with E-state index in [1.165, 1.54) is 32.1 Å². The summed E-state index contributed by atoms with van der Waals surface area (Å²) >= 11 is 0. The van der Waals surface area contributed by atoms with Crippen molar-refractivity contribution in [3.05, 3.63) is 29.8 Å². The van der Waals surface area contributed by atoms with E-state index in [1.807, 2.05) is 12.1 Å². The van der Waals surface area contributed by atoms with Gasteiger partial charge >= 0.3 is 5.97 Å². The van der Waals surface area contributed by atoms with Gasteiger partial charge in [0.25, 0.3) is 0 Å². The molecule has 0 saturated carbocycles. The van der Waals surface area contributed by atoms with Crippen molar-refractivity contribution in [2.45, 2.75) is 39.0 Å². The van der Waals surface area contributed by atoms with Crippen LogP contribution < -0.4 is 4.90 Å². The number of anilines is 1. The molecule has 0 amide bonds. The molecular weight excluding hydrogens is 238 g/mol. The minimum absolute atomic E-state index is 0.427. The van der Waals surface area contributed by atoms with E-state index < -0.39 is 5.97 Å². The first-order valence-electron chi connectivity index (χ1n) is 7.29. The van der Waals surface area contributed by atoms with E-state index in [0.717, 1.165) is 24.7 Å². The molecule has 1 N–H and O–H groups in total. The molecule has 0 aromatic heterocycles. The van der Waals surface area contributed by atoms with Crippen molar-refractivity contribution in [1.82, 2.24) is 0 Å². The lowest BCUT2D eigenvalue weighted by atomic mass is 9.96. The van der Waals surface area contributed by atoms with E-state index in [1.54, 1.807) is 12.1 Å². The smallest absolute Gasteiger partial charge is 0.337 e. The van der Waals surface area contributed by atoms with Gasteiger partial charge in [-0.05, 0) is 37.3 Å². The maximum Gasteiger partial charge on any atom is 0.337 e. The van der Waals surface area contributed by atoms with Gasteiger partial charge in [0.05, 0.1) is 11.3 Å². The predicted octanol–water partition coefficient (Wildman–Crippen LogP) is 3.79. The van der Waals surface area contributed by atoms with Crippen molar-refractivity contribution in [3.63, 3.8) is 0 Å². The molecule has 104 valence electrons. The van der Waals surface area contributed by atoms with E-state index in [-0.39, 0.29) is 0 Å². The maximum absolute atomic E-state index is 11.3. The highest BCUT2D eigenvalue weighted by atomic mass is 16.4. The Kier molecular flexibility index (Phi) is 4.83. The zero-order valence-corrected chi connectivity index (χ0v) is 11.6. The summed E-state index contributed by atoms with van der Waals surface area (Å²) in [5, 5.41) is 9.28. The van der Waals surface area contributed by atoms with Crippen molar-refractivity contribution >= 4 is 11.7 Å². The van der Waals surface area contributed by atoms with Crippen LogP contribution >= 0.6 is 0 Å². The number of carboxylic acid groups (broad SMARTS) is 1. The molecule has 1 heterocycles. The average molecular weight is 261 g/mol. The predicted molar refractivity (Wildman–Crippen MR) is 77.9 cm³/mol. The van der Waals surface area contributed by atoms with Gasteiger partial charge in [-0.15, -0.1) is 0 Å². The Morgan fingerprint density at radius 2 is 2.11 bits per heavy atom. The minimum atomic E-state index is -0.829. The maximum atomic E-state index is 11.3. The topological polar surface area (TPSA) is 40.5 Å². The number of benzene rings is 1. The van der Waals surface area contributed by atoms with Crippen LogP contribution in [-0.2, 0) is 0 Å². The van der Waals surface area contributed by atoms with Gasteiger partial charge in [-0.25, -0.2) is 4.79 Å². The number of hydrogen-bond donors (Lipinski definition) is 1. The summed E-state index contributed by atoms with van der Waals surface area (Å²) in [6, 6.07) is 7.36. The summed E-state index contributed by atoms with van der Waals surface area (Å²) in [7, 11) is 0. The van der Waals surface area contributed by atoms with Gasteiger partial charge in [-0.1, -0.05) is 31.9 Å². The van der Waals surface area contributed by atoms with Crippen molar-refractivity contribution in [3.8, 4) is 0 Å². The molecule has 1 aromatic carbocycles. The quantitative estimate of drug-likeness (QED) is 0.896. The molecule has 1 fully saturated rings. The fourth-order valence-corrected chi connectivity index (χ4v) is 3.03. The van der Waals surface area contributed by atoms with Crippen LogP contribution in [0, 0.1) is 5.92 Å². The van der Waals surface area contributed by atoms with Crippen LogP contribution in [0.5, 0.6) is 0 Å². The van der Waals surface area contributed by atoms with Gasteiger partial charge in [0.15, 0.2) is 0 Å². The summed E-state index contributed by atoms with van der Waals surface area (Å²) < 4.78 is 0. The summed E-state index contributed by atoms with van der Waals surface area (Å²) in [5.41, 5.74) is 1.31. The fraction of sp³-hybridized carbons (Fsp3) is 0.562. The van der Waals surface area contributed by atoms with Gasteiger partial charge in [0.2, 0.25) is 0 Å². The van der Waals surface area contributed by atoms with Crippen molar-refractivity contribution in [2.75, 3.05) is 18.0 Å². The standard InChI is InChI=1S/C16H23NO2/c1-2-6-13-7-5-11-17(12-10-13)15-9-4-3-8-14(15)16(18)19/h3-4,8-9,13H,2,5-7,10-12H2,1H3,(H,18,19). The molecule has 1 saturated heterocycles. The molecular formula is C16H23NO2. The molecule has 0 bridgehead atoms. The Bertz CT molecular complexity index is 431. The highest BCUT2D eigenvalue weighted by molar-refractivity contribution is 5.94. The molecule has 1 atom stereocenters. The second-order valence-corrected chi connectivity index (χ2v) is 5.39. The second-order valence-electron chi connectivity index (χ2n) is 5.39. The number of carboxylic acids is 1. The number of nitrogens with zero attached hydrogens (tertiary/aromatic N) is 1. The Labute approximate surface area is 115 Å². The molecule has 1 aliphatic rings. The summed E-state index contributed by atoms with van der Waals surface area (Å²) in [6.45, 7) is 4.20. The molecule has 2 rings (SSSR count). The first-order chi connectivity index (χ1) is 9.22. The number of rotatable bonds is 4. The third kappa shape index (κ3) is 3.49. The summed E-state index contributed by atoms with van der Waals surface area (Å²) in [5.74, 6) is -0.0167. The monoisotopic (exact) mass is 261 g/mol. The second kappa shape index (κ2) is 6.60. The SMILES string of the molecule is CCCC1CCCN(c2ccccc2C(=O)O)CC1. The molecule has 1 aliphatic heterocycles. The van der Waals surface area contributed by atoms with Gasteiger partial charge in [-0.3, -0.25) is 0 Å². The van der Waals surface area contributed by atoms with Crippen LogP contribution in [0.4, 0.5) is 5.69 Å². The Balaban J connectivity index is 2.12. The number of carbonyl (C=O) groups is 1. The van der Waals surface area contributed by atoms with Crippen LogP contribution in [0.2, 0.25) is 0 Å². The number of hydrogen-bond acceptors (Lipinski definition) is 2. The lowest BCUT2D eigenvalue weighted by molar-refractivity contribution is 0.0697. The van der Waals surface area contributed by atoms with Gasteiger partial charge in [0.1, 0.15) is 0 Å². The molecule has 0 aliphatic carbocycles.